The number of nitrogens with one attached hydrogen (secondary N) is 1. The summed E-state index contributed by atoms with van der Waals surface area (Å²) in [4.78, 5) is 4.37. The van der Waals surface area contributed by atoms with E-state index < -0.39 is 6.23 Å². The first-order valence-electron chi connectivity index (χ1n) is 4.87. The Labute approximate surface area is 94.2 Å². The number of aliphatic hydroxyl groups excluding tert-OH is 1. The minimum Gasteiger partial charge on any atom is -0.374 e. The molecule has 0 saturated carbocycles. The zero-order chi connectivity index (χ0) is 11.3. The predicted molar refractivity (Wildman–Crippen MR) is 65.9 cm³/mol. The first kappa shape index (κ1) is 11.9. The van der Waals surface area contributed by atoms with Crippen molar-refractivity contribution in [3.8, 4) is 0 Å². The van der Waals surface area contributed by atoms with E-state index in [1.807, 2.05) is 37.5 Å². The van der Waals surface area contributed by atoms with Gasteiger partial charge < -0.3 is 10.4 Å². The first-order chi connectivity index (χ1) is 7.17. The molecule has 0 radical (unpaired) electrons. The maximum absolute atomic E-state index is 9.14. The predicted octanol–water partition coefficient (Wildman–Crippen LogP) is 2.87. The summed E-state index contributed by atoms with van der Waals surface area (Å²) in [6, 6.07) is 0. The van der Waals surface area contributed by atoms with Crippen LogP contribution in [0.25, 0.3) is 5.57 Å². The van der Waals surface area contributed by atoms with Crippen LogP contribution in [0.4, 0.5) is 5.13 Å². The fourth-order valence-corrected chi connectivity index (χ4v) is 1.96. The highest BCUT2D eigenvalue weighted by molar-refractivity contribution is 7.13. The number of hydrogen-bond acceptors (Lipinski definition) is 4. The molecule has 1 aromatic heterocycles. The zero-order valence-corrected chi connectivity index (χ0v) is 10.0. The highest BCUT2D eigenvalue weighted by Gasteiger charge is 2.05. The fourth-order valence-electron chi connectivity index (χ4n) is 1.16. The number of anilines is 1. The Balaban J connectivity index is 2.83. The SMILES string of the molecule is CC=CC(=CC)c1csc(NC(C)O)n1. The van der Waals surface area contributed by atoms with Gasteiger partial charge in [0.1, 0.15) is 6.23 Å². The summed E-state index contributed by atoms with van der Waals surface area (Å²) in [6.07, 6.45) is 5.44. The van der Waals surface area contributed by atoms with Crippen LogP contribution in [0.1, 0.15) is 26.5 Å². The normalized spacial score (nSPS) is 14.5. The molecule has 82 valence electrons. The lowest BCUT2D eigenvalue weighted by atomic mass is 10.2. The number of aliphatic hydroxyl groups is 1. The van der Waals surface area contributed by atoms with Crippen molar-refractivity contribution in [1.82, 2.24) is 4.98 Å². The van der Waals surface area contributed by atoms with Gasteiger partial charge in [-0.15, -0.1) is 11.3 Å². The van der Waals surface area contributed by atoms with E-state index in [1.165, 1.54) is 11.3 Å². The topological polar surface area (TPSA) is 45.1 Å². The summed E-state index contributed by atoms with van der Waals surface area (Å²) in [7, 11) is 0. The molecule has 15 heavy (non-hydrogen) atoms. The van der Waals surface area contributed by atoms with Gasteiger partial charge in [-0.3, -0.25) is 0 Å². The van der Waals surface area contributed by atoms with Gasteiger partial charge >= 0.3 is 0 Å². The zero-order valence-electron chi connectivity index (χ0n) is 9.19. The average molecular weight is 224 g/mol. The van der Waals surface area contributed by atoms with Crippen molar-refractivity contribution in [3.63, 3.8) is 0 Å². The highest BCUT2D eigenvalue weighted by Crippen LogP contribution is 2.22. The summed E-state index contributed by atoms with van der Waals surface area (Å²) in [6.45, 7) is 5.63. The second-order valence-electron chi connectivity index (χ2n) is 3.10. The molecule has 1 aromatic rings. The Morgan fingerprint density at radius 3 is 2.87 bits per heavy atom. The van der Waals surface area contributed by atoms with E-state index in [0.717, 1.165) is 16.4 Å². The molecule has 0 fully saturated rings. The number of aromatic nitrogens is 1. The van der Waals surface area contributed by atoms with Crippen LogP contribution < -0.4 is 5.32 Å². The molecule has 4 heteroatoms. The lowest BCUT2D eigenvalue weighted by Gasteiger charge is -2.03. The van der Waals surface area contributed by atoms with E-state index in [2.05, 4.69) is 10.3 Å². The first-order valence-corrected chi connectivity index (χ1v) is 5.74. The molecule has 0 aromatic carbocycles. The molecular formula is C11H16N2OS. The molecule has 1 heterocycles. The van der Waals surface area contributed by atoms with Crippen LogP contribution in [0.3, 0.4) is 0 Å². The van der Waals surface area contributed by atoms with Crippen molar-refractivity contribution in [3.05, 3.63) is 29.3 Å². The number of allylic oxidation sites excluding steroid dienone is 4. The molecule has 3 nitrogen and oxygen atoms in total. The lowest BCUT2D eigenvalue weighted by Crippen LogP contribution is -2.12. The van der Waals surface area contributed by atoms with Crippen molar-refractivity contribution in [1.29, 1.82) is 0 Å². The standard InChI is InChI=1S/C11H16N2OS/c1-4-6-9(5-2)10-7-15-11(13-10)12-8(3)14/h4-8,14H,1-3H3,(H,12,13). The number of nitrogens with zero attached hydrogens (tertiary/aromatic N) is 1. The van der Waals surface area contributed by atoms with E-state index in [-0.39, 0.29) is 0 Å². The highest BCUT2D eigenvalue weighted by atomic mass is 32.1. The fraction of sp³-hybridized carbons (Fsp3) is 0.364. The van der Waals surface area contributed by atoms with Crippen molar-refractivity contribution in [2.45, 2.75) is 27.0 Å². The Morgan fingerprint density at radius 2 is 2.33 bits per heavy atom. The lowest BCUT2D eigenvalue weighted by molar-refractivity contribution is 0.224. The van der Waals surface area contributed by atoms with Gasteiger partial charge in [-0.25, -0.2) is 4.98 Å². The number of hydrogen-bond donors (Lipinski definition) is 2. The summed E-state index contributed by atoms with van der Waals surface area (Å²) in [5.74, 6) is 0. The molecule has 0 aliphatic rings. The van der Waals surface area contributed by atoms with Crippen LogP contribution in [-0.2, 0) is 0 Å². The van der Waals surface area contributed by atoms with Crippen LogP contribution in [0.15, 0.2) is 23.6 Å². The summed E-state index contributed by atoms with van der Waals surface area (Å²) >= 11 is 1.49. The molecule has 0 amide bonds. The molecule has 0 spiro atoms. The van der Waals surface area contributed by atoms with E-state index in [9.17, 15) is 0 Å². The third-order valence-corrected chi connectivity index (χ3v) is 2.56. The summed E-state index contributed by atoms with van der Waals surface area (Å²) in [5.41, 5.74) is 2.02. The van der Waals surface area contributed by atoms with E-state index in [4.69, 9.17) is 5.11 Å². The molecular weight excluding hydrogens is 208 g/mol. The van der Waals surface area contributed by atoms with Crippen molar-refractivity contribution in [2.24, 2.45) is 0 Å². The van der Waals surface area contributed by atoms with Gasteiger partial charge in [0.25, 0.3) is 0 Å². The molecule has 0 saturated heterocycles. The second kappa shape index (κ2) is 5.68. The summed E-state index contributed by atoms with van der Waals surface area (Å²) in [5, 5.41) is 14.7. The Morgan fingerprint density at radius 1 is 1.60 bits per heavy atom. The van der Waals surface area contributed by atoms with Gasteiger partial charge in [-0.1, -0.05) is 18.2 Å². The Hall–Kier alpha value is -1.13. The van der Waals surface area contributed by atoms with Gasteiger partial charge in [0.15, 0.2) is 5.13 Å². The Bertz CT molecular complexity index is 366. The van der Waals surface area contributed by atoms with E-state index in [1.54, 1.807) is 6.92 Å². The van der Waals surface area contributed by atoms with Gasteiger partial charge in [0.05, 0.1) is 5.69 Å². The molecule has 1 unspecified atom stereocenters. The third kappa shape index (κ3) is 3.49. The quantitative estimate of drug-likeness (QED) is 0.610. The largest absolute Gasteiger partial charge is 0.374 e. The average Bonchev–Trinajstić information content (AvgIpc) is 2.61. The van der Waals surface area contributed by atoms with E-state index >= 15 is 0 Å². The molecule has 0 aliphatic carbocycles. The van der Waals surface area contributed by atoms with Crippen LogP contribution in [0.5, 0.6) is 0 Å². The molecule has 1 atom stereocenters. The van der Waals surface area contributed by atoms with Gasteiger partial charge in [0.2, 0.25) is 0 Å². The minimum absolute atomic E-state index is 0.570. The number of rotatable bonds is 4. The van der Waals surface area contributed by atoms with Crippen LogP contribution >= 0.6 is 11.3 Å². The van der Waals surface area contributed by atoms with Crippen molar-refractivity contribution in [2.75, 3.05) is 5.32 Å². The Kier molecular flexibility index (Phi) is 4.52. The maximum atomic E-state index is 9.14. The van der Waals surface area contributed by atoms with Crippen molar-refractivity contribution >= 4 is 22.0 Å². The minimum atomic E-state index is -0.570. The van der Waals surface area contributed by atoms with Gasteiger partial charge in [0, 0.05) is 5.38 Å². The van der Waals surface area contributed by atoms with Crippen LogP contribution in [0, 0.1) is 0 Å². The summed E-state index contributed by atoms with van der Waals surface area (Å²) < 4.78 is 0. The third-order valence-electron chi connectivity index (χ3n) is 1.79. The van der Waals surface area contributed by atoms with Crippen LogP contribution in [0.2, 0.25) is 0 Å². The van der Waals surface area contributed by atoms with Gasteiger partial charge in [-0.2, -0.15) is 0 Å². The smallest absolute Gasteiger partial charge is 0.185 e. The van der Waals surface area contributed by atoms with Crippen LogP contribution in [-0.4, -0.2) is 16.3 Å². The molecule has 0 aliphatic heterocycles. The van der Waals surface area contributed by atoms with Gasteiger partial charge in [-0.05, 0) is 26.3 Å². The monoisotopic (exact) mass is 224 g/mol. The second-order valence-corrected chi connectivity index (χ2v) is 3.96. The number of thiazole rings is 1. The molecule has 1 rings (SSSR count). The van der Waals surface area contributed by atoms with Crippen molar-refractivity contribution < 1.29 is 5.11 Å². The molecule has 0 bridgehead atoms. The molecule has 2 N–H and O–H groups in total. The van der Waals surface area contributed by atoms with E-state index in [0.29, 0.717) is 0 Å². The maximum Gasteiger partial charge on any atom is 0.185 e.